The molecule has 1 rings (SSSR count). The number of hydrogen-bond donors (Lipinski definition) is 2. The number of carbonyl (C=O) groups excluding carboxylic acids is 4. The van der Waals surface area contributed by atoms with Crippen LogP contribution in [0.4, 0.5) is 0 Å². The summed E-state index contributed by atoms with van der Waals surface area (Å²) in [6, 6.07) is 2.80. The third-order valence-electron chi connectivity index (χ3n) is 3.90. The predicted molar refractivity (Wildman–Crippen MR) is 109 cm³/mol. The third kappa shape index (κ3) is 8.60. The molecule has 0 heterocycles. The van der Waals surface area contributed by atoms with Crippen LogP contribution in [0.5, 0.6) is 11.5 Å². The third-order valence-corrected chi connectivity index (χ3v) is 3.90. The van der Waals surface area contributed by atoms with Gasteiger partial charge in [0, 0.05) is 13.8 Å². The van der Waals surface area contributed by atoms with Gasteiger partial charge in [0.05, 0.1) is 12.6 Å². The maximum absolute atomic E-state index is 12.5. The summed E-state index contributed by atoms with van der Waals surface area (Å²) < 4.78 is 15.1. The molecule has 0 bridgehead atoms. The van der Waals surface area contributed by atoms with Crippen molar-refractivity contribution in [3.63, 3.8) is 0 Å². The zero-order valence-corrected chi connectivity index (χ0v) is 18.0. The Morgan fingerprint density at radius 3 is 2.17 bits per heavy atom. The minimum atomic E-state index is -0.959. The standard InChI is InChI=1S/C21H30N2O7/c1-6-28-21(27)17(9-12(2)3)23-20(26)16(22)10-15-7-8-18(29-13(4)24)19(11-15)30-14(5)25/h7-8,11-12,16-17H,6,9-10,22H2,1-5H3,(H,23,26)/t16-,17-/m0/s1. The molecule has 0 fully saturated rings. The Bertz CT molecular complexity index is 777. The highest BCUT2D eigenvalue weighted by Crippen LogP contribution is 2.29. The molecule has 0 saturated heterocycles. The first kappa shape index (κ1) is 25.1. The predicted octanol–water partition coefficient (Wildman–Crippen LogP) is 1.50. The van der Waals surface area contributed by atoms with E-state index in [2.05, 4.69) is 5.32 Å². The van der Waals surface area contributed by atoms with Crippen LogP contribution < -0.4 is 20.5 Å². The van der Waals surface area contributed by atoms with Crippen molar-refractivity contribution >= 4 is 23.8 Å². The molecule has 0 saturated carbocycles. The first-order chi connectivity index (χ1) is 14.0. The van der Waals surface area contributed by atoms with Gasteiger partial charge in [0.2, 0.25) is 5.91 Å². The Labute approximate surface area is 176 Å². The molecule has 2 atom stereocenters. The topological polar surface area (TPSA) is 134 Å². The second-order valence-electron chi connectivity index (χ2n) is 7.22. The second kappa shape index (κ2) is 11.9. The number of nitrogens with two attached hydrogens (primary N) is 1. The zero-order valence-electron chi connectivity index (χ0n) is 18.0. The number of benzene rings is 1. The fraction of sp³-hybridized carbons (Fsp3) is 0.524. The van der Waals surface area contributed by atoms with Crippen molar-refractivity contribution in [1.82, 2.24) is 5.32 Å². The van der Waals surface area contributed by atoms with Crippen molar-refractivity contribution in [2.45, 2.75) is 59.5 Å². The van der Waals surface area contributed by atoms with Gasteiger partial charge in [-0.05, 0) is 43.4 Å². The Kier molecular flexibility index (Phi) is 9.97. The van der Waals surface area contributed by atoms with Gasteiger partial charge in [-0.15, -0.1) is 0 Å². The van der Waals surface area contributed by atoms with E-state index in [9.17, 15) is 19.2 Å². The van der Waals surface area contributed by atoms with E-state index in [1.807, 2.05) is 13.8 Å². The molecule has 9 heteroatoms. The van der Waals surface area contributed by atoms with Crippen molar-refractivity contribution in [1.29, 1.82) is 0 Å². The average molecular weight is 422 g/mol. The van der Waals surface area contributed by atoms with E-state index < -0.39 is 35.9 Å². The van der Waals surface area contributed by atoms with Crippen LogP contribution in [-0.2, 0) is 30.3 Å². The fourth-order valence-electron chi connectivity index (χ4n) is 2.71. The summed E-state index contributed by atoms with van der Waals surface area (Å²) in [5.74, 6) is -1.88. The molecule has 30 heavy (non-hydrogen) atoms. The number of nitrogens with one attached hydrogen (secondary N) is 1. The van der Waals surface area contributed by atoms with Gasteiger partial charge in [0.25, 0.3) is 0 Å². The molecular formula is C21H30N2O7. The van der Waals surface area contributed by atoms with Crippen LogP contribution in [-0.4, -0.2) is 42.5 Å². The largest absolute Gasteiger partial charge is 0.464 e. The minimum absolute atomic E-state index is 0.0482. The van der Waals surface area contributed by atoms with E-state index in [4.69, 9.17) is 19.9 Å². The van der Waals surface area contributed by atoms with Crippen LogP contribution in [0.1, 0.15) is 46.6 Å². The highest BCUT2D eigenvalue weighted by Gasteiger charge is 2.26. The molecule has 0 unspecified atom stereocenters. The van der Waals surface area contributed by atoms with Crippen molar-refractivity contribution in [3.05, 3.63) is 23.8 Å². The molecular weight excluding hydrogens is 392 g/mol. The Hall–Kier alpha value is -2.94. The molecule has 9 nitrogen and oxygen atoms in total. The van der Waals surface area contributed by atoms with Crippen LogP contribution in [0.15, 0.2) is 18.2 Å². The normalized spacial score (nSPS) is 12.6. The average Bonchev–Trinajstić information content (AvgIpc) is 2.62. The highest BCUT2D eigenvalue weighted by molar-refractivity contribution is 5.87. The van der Waals surface area contributed by atoms with E-state index in [0.717, 1.165) is 0 Å². The molecule has 1 aromatic carbocycles. The Balaban J connectivity index is 2.91. The molecule has 0 aliphatic carbocycles. The lowest BCUT2D eigenvalue weighted by atomic mass is 10.0. The van der Waals surface area contributed by atoms with Gasteiger partial charge >= 0.3 is 17.9 Å². The van der Waals surface area contributed by atoms with Crippen molar-refractivity contribution in [2.75, 3.05) is 6.61 Å². The number of esters is 3. The van der Waals surface area contributed by atoms with Gasteiger partial charge in [-0.3, -0.25) is 14.4 Å². The van der Waals surface area contributed by atoms with Crippen LogP contribution in [0, 0.1) is 5.92 Å². The van der Waals surface area contributed by atoms with Crippen molar-refractivity contribution in [2.24, 2.45) is 11.7 Å². The lowest BCUT2D eigenvalue weighted by molar-refractivity contribution is -0.148. The maximum Gasteiger partial charge on any atom is 0.328 e. The van der Waals surface area contributed by atoms with Crippen LogP contribution >= 0.6 is 0 Å². The lowest BCUT2D eigenvalue weighted by Crippen LogP contribution is -2.50. The van der Waals surface area contributed by atoms with Gasteiger partial charge in [0.15, 0.2) is 11.5 Å². The van der Waals surface area contributed by atoms with Crippen LogP contribution in [0.2, 0.25) is 0 Å². The fourth-order valence-corrected chi connectivity index (χ4v) is 2.71. The van der Waals surface area contributed by atoms with Gasteiger partial charge in [-0.25, -0.2) is 4.79 Å². The summed E-state index contributed by atoms with van der Waals surface area (Å²) in [4.78, 5) is 47.2. The van der Waals surface area contributed by atoms with E-state index >= 15 is 0 Å². The lowest BCUT2D eigenvalue weighted by Gasteiger charge is -2.21. The summed E-state index contributed by atoms with van der Waals surface area (Å²) in [5.41, 5.74) is 6.60. The second-order valence-corrected chi connectivity index (χ2v) is 7.22. The summed E-state index contributed by atoms with van der Waals surface area (Å²) in [6.45, 7) is 8.20. The van der Waals surface area contributed by atoms with Gasteiger partial charge in [-0.1, -0.05) is 19.9 Å². The Morgan fingerprint density at radius 2 is 1.63 bits per heavy atom. The first-order valence-corrected chi connectivity index (χ1v) is 9.75. The van der Waals surface area contributed by atoms with E-state index in [0.29, 0.717) is 12.0 Å². The quantitative estimate of drug-likeness (QED) is 0.428. The molecule has 0 aliphatic rings. The van der Waals surface area contributed by atoms with Gasteiger partial charge < -0.3 is 25.3 Å². The molecule has 3 N–H and O–H groups in total. The molecule has 1 amide bonds. The van der Waals surface area contributed by atoms with Crippen molar-refractivity contribution in [3.8, 4) is 11.5 Å². The van der Waals surface area contributed by atoms with Gasteiger partial charge in [-0.2, -0.15) is 0 Å². The molecule has 1 aromatic rings. The summed E-state index contributed by atoms with van der Waals surface area (Å²) in [5, 5.41) is 2.64. The van der Waals surface area contributed by atoms with Crippen LogP contribution in [0.3, 0.4) is 0 Å². The number of ether oxygens (including phenoxy) is 3. The van der Waals surface area contributed by atoms with E-state index in [1.165, 1.54) is 26.0 Å². The summed E-state index contributed by atoms with van der Waals surface area (Å²) >= 11 is 0. The molecule has 0 aliphatic heterocycles. The van der Waals surface area contributed by atoms with Crippen molar-refractivity contribution < 1.29 is 33.4 Å². The molecule has 0 aromatic heterocycles. The molecule has 166 valence electrons. The Morgan fingerprint density at radius 1 is 1.03 bits per heavy atom. The number of carbonyl (C=O) groups is 4. The number of amides is 1. The SMILES string of the molecule is CCOC(=O)[C@H](CC(C)C)NC(=O)[C@@H](N)Cc1ccc(OC(C)=O)c(OC(C)=O)c1. The monoisotopic (exact) mass is 422 g/mol. The maximum atomic E-state index is 12.5. The number of hydrogen-bond acceptors (Lipinski definition) is 8. The summed E-state index contributed by atoms with van der Waals surface area (Å²) in [6.07, 6.45) is 0.530. The molecule has 0 radical (unpaired) electrons. The zero-order chi connectivity index (χ0) is 22.8. The first-order valence-electron chi connectivity index (χ1n) is 9.75. The molecule has 0 spiro atoms. The van der Waals surface area contributed by atoms with Crippen LogP contribution in [0.25, 0.3) is 0 Å². The van der Waals surface area contributed by atoms with E-state index in [-0.39, 0.29) is 30.4 Å². The highest BCUT2D eigenvalue weighted by atomic mass is 16.6. The minimum Gasteiger partial charge on any atom is -0.464 e. The smallest absolute Gasteiger partial charge is 0.328 e. The van der Waals surface area contributed by atoms with E-state index in [1.54, 1.807) is 13.0 Å². The summed E-state index contributed by atoms with van der Waals surface area (Å²) in [7, 11) is 0. The number of rotatable bonds is 10. The van der Waals surface area contributed by atoms with Gasteiger partial charge in [0.1, 0.15) is 6.04 Å².